The lowest BCUT2D eigenvalue weighted by Crippen LogP contribution is -2.32. The Hall–Kier alpha value is -1.62. The topological polar surface area (TPSA) is 65.3 Å². The zero-order chi connectivity index (χ0) is 11.5. The van der Waals surface area contributed by atoms with Gasteiger partial charge >= 0.3 is 0 Å². The third-order valence-electron chi connectivity index (χ3n) is 2.63. The van der Waals surface area contributed by atoms with Gasteiger partial charge < -0.3 is 10.3 Å². The van der Waals surface area contributed by atoms with Gasteiger partial charge in [0.05, 0.1) is 6.20 Å². The van der Waals surface area contributed by atoms with Gasteiger partial charge in [0.1, 0.15) is 5.52 Å². The Morgan fingerprint density at radius 1 is 1.50 bits per heavy atom. The summed E-state index contributed by atoms with van der Waals surface area (Å²) in [4.78, 5) is 12.0. The molecule has 0 aliphatic carbocycles. The molecule has 16 heavy (non-hydrogen) atoms. The van der Waals surface area contributed by atoms with Crippen LogP contribution >= 0.6 is 0 Å². The molecule has 1 atom stereocenters. The van der Waals surface area contributed by atoms with E-state index in [0.29, 0.717) is 12.1 Å². The van der Waals surface area contributed by atoms with Crippen molar-refractivity contribution in [3.8, 4) is 0 Å². The highest BCUT2D eigenvalue weighted by atomic mass is 16.1. The Kier molecular flexibility index (Phi) is 3.05. The second-order valence-electron chi connectivity index (χ2n) is 3.97. The van der Waals surface area contributed by atoms with E-state index < -0.39 is 0 Å². The fourth-order valence-electron chi connectivity index (χ4n) is 1.82. The molecule has 0 bridgehead atoms. The highest BCUT2D eigenvalue weighted by Gasteiger charge is 2.06. The highest BCUT2D eigenvalue weighted by molar-refractivity contribution is 5.42. The largest absolute Gasteiger partial charge is 0.326 e. The van der Waals surface area contributed by atoms with Crippen molar-refractivity contribution in [1.29, 1.82) is 0 Å². The first-order chi connectivity index (χ1) is 7.72. The maximum atomic E-state index is 12.0. The van der Waals surface area contributed by atoms with Crippen molar-refractivity contribution in [2.75, 3.05) is 0 Å². The molecule has 0 aromatic carbocycles. The molecule has 5 heteroatoms. The molecule has 2 rings (SSSR count). The van der Waals surface area contributed by atoms with Gasteiger partial charge in [-0.05, 0) is 12.5 Å². The molecule has 2 N–H and O–H groups in total. The lowest BCUT2D eigenvalue weighted by Gasteiger charge is -2.12. The molecule has 0 saturated carbocycles. The fourth-order valence-corrected chi connectivity index (χ4v) is 1.82. The van der Waals surface area contributed by atoms with Crippen molar-refractivity contribution >= 4 is 5.52 Å². The molecule has 0 radical (unpaired) electrons. The van der Waals surface area contributed by atoms with Crippen molar-refractivity contribution in [1.82, 2.24) is 14.2 Å². The van der Waals surface area contributed by atoms with Gasteiger partial charge in [0, 0.05) is 25.0 Å². The summed E-state index contributed by atoms with van der Waals surface area (Å²) in [6.07, 6.45) is 7.09. The predicted molar refractivity (Wildman–Crippen MR) is 62.3 cm³/mol. The molecular formula is C11H16N4O. The van der Waals surface area contributed by atoms with Crippen molar-refractivity contribution in [2.45, 2.75) is 32.4 Å². The average molecular weight is 220 g/mol. The fraction of sp³-hybridized carbons (Fsp3) is 0.455. The van der Waals surface area contributed by atoms with Gasteiger partial charge in [0.15, 0.2) is 0 Å². The molecule has 2 heterocycles. The van der Waals surface area contributed by atoms with E-state index in [-0.39, 0.29) is 11.6 Å². The Labute approximate surface area is 93.5 Å². The monoisotopic (exact) mass is 220 g/mol. The first kappa shape index (κ1) is 10.9. The number of fused-ring (bicyclic) bond motifs is 1. The van der Waals surface area contributed by atoms with Crippen molar-refractivity contribution in [3.05, 3.63) is 35.0 Å². The van der Waals surface area contributed by atoms with E-state index in [1.54, 1.807) is 33.7 Å². The van der Waals surface area contributed by atoms with Crippen LogP contribution in [-0.2, 0) is 6.54 Å². The summed E-state index contributed by atoms with van der Waals surface area (Å²) in [6.45, 7) is 2.65. The van der Waals surface area contributed by atoms with E-state index in [1.165, 1.54) is 0 Å². The van der Waals surface area contributed by atoms with Crippen molar-refractivity contribution < 1.29 is 0 Å². The predicted octanol–water partition coefficient (Wildman–Crippen LogP) is 0.623. The number of nitrogens with zero attached hydrogens (tertiary/aromatic N) is 3. The Morgan fingerprint density at radius 2 is 2.31 bits per heavy atom. The van der Waals surface area contributed by atoms with Crippen LogP contribution in [0.2, 0.25) is 0 Å². The normalized spacial score (nSPS) is 13.1. The summed E-state index contributed by atoms with van der Waals surface area (Å²) in [7, 11) is 0. The Morgan fingerprint density at radius 3 is 3.06 bits per heavy atom. The third-order valence-corrected chi connectivity index (χ3v) is 2.63. The second-order valence-corrected chi connectivity index (χ2v) is 3.97. The van der Waals surface area contributed by atoms with Crippen LogP contribution < -0.4 is 11.3 Å². The molecular weight excluding hydrogens is 204 g/mol. The summed E-state index contributed by atoms with van der Waals surface area (Å²) in [5.74, 6) is 0. The highest BCUT2D eigenvalue weighted by Crippen LogP contribution is 1.98. The van der Waals surface area contributed by atoms with Gasteiger partial charge in [-0.2, -0.15) is 5.10 Å². The minimum absolute atomic E-state index is 0.0353. The summed E-state index contributed by atoms with van der Waals surface area (Å²) < 4.78 is 3.22. The number of hydrogen-bond acceptors (Lipinski definition) is 3. The van der Waals surface area contributed by atoms with Gasteiger partial charge in [-0.3, -0.25) is 4.79 Å². The molecule has 5 nitrogen and oxygen atoms in total. The number of nitrogens with two attached hydrogens (primary N) is 1. The maximum Gasteiger partial charge on any atom is 0.276 e. The molecule has 0 amide bonds. The first-order valence-electron chi connectivity index (χ1n) is 5.50. The lowest BCUT2D eigenvalue weighted by atomic mass is 10.2. The molecule has 2 aromatic rings. The smallest absolute Gasteiger partial charge is 0.276 e. The lowest BCUT2D eigenvalue weighted by molar-refractivity contribution is 0.503. The van der Waals surface area contributed by atoms with Crippen LogP contribution in [0.3, 0.4) is 0 Å². The molecule has 1 unspecified atom stereocenters. The molecule has 0 fully saturated rings. The average Bonchev–Trinajstić information content (AvgIpc) is 2.71. The van der Waals surface area contributed by atoms with Crippen molar-refractivity contribution in [3.63, 3.8) is 0 Å². The van der Waals surface area contributed by atoms with Gasteiger partial charge in [-0.1, -0.05) is 13.3 Å². The van der Waals surface area contributed by atoms with E-state index in [2.05, 4.69) is 12.0 Å². The van der Waals surface area contributed by atoms with Gasteiger partial charge in [0.2, 0.25) is 0 Å². The van der Waals surface area contributed by atoms with Gasteiger partial charge in [-0.15, -0.1) is 0 Å². The first-order valence-corrected chi connectivity index (χ1v) is 5.50. The molecule has 0 aliphatic rings. The summed E-state index contributed by atoms with van der Waals surface area (Å²) >= 11 is 0. The van der Waals surface area contributed by atoms with Crippen LogP contribution in [0.5, 0.6) is 0 Å². The Balaban J connectivity index is 2.31. The van der Waals surface area contributed by atoms with Crippen LogP contribution in [0.25, 0.3) is 5.52 Å². The minimum atomic E-state index is -0.0356. The summed E-state index contributed by atoms with van der Waals surface area (Å²) in [6, 6.07) is 1.75. The van der Waals surface area contributed by atoms with E-state index in [4.69, 9.17) is 5.73 Å². The quantitative estimate of drug-likeness (QED) is 0.821. The summed E-state index contributed by atoms with van der Waals surface area (Å²) in [5, 5.41) is 4.01. The van der Waals surface area contributed by atoms with E-state index in [0.717, 1.165) is 12.8 Å². The van der Waals surface area contributed by atoms with E-state index in [9.17, 15) is 4.79 Å². The Bertz CT molecular complexity index is 528. The third kappa shape index (κ3) is 1.99. The molecule has 0 aliphatic heterocycles. The SMILES string of the molecule is CCCC(N)Cn1ccn2nccc2c1=O. The van der Waals surface area contributed by atoms with Crippen LogP contribution in [0.4, 0.5) is 0 Å². The minimum Gasteiger partial charge on any atom is -0.326 e. The van der Waals surface area contributed by atoms with Gasteiger partial charge in [-0.25, -0.2) is 4.52 Å². The van der Waals surface area contributed by atoms with E-state index in [1.807, 2.05) is 0 Å². The number of hydrogen-bond donors (Lipinski definition) is 1. The molecule has 0 saturated heterocycles. The molecule has 86 valence electrons. The summed E-state index contributed by atoms with van der Waals surface area (Å²) in [5.41, 5.74) is 6.48. The molecule has 0 spiro atoms. The van der Waals surface area contributed by atoms with Crippen LogP contribution in [-0.4, -0.2) is 20.2 Å². The van der Waals surface area contributed by atoms with Crippen LogP contribution in [0.15, 0.2) is 29.5 Å². The zero-order valence-corrected chi connectivity index (χ0v) is 9.34. The molecule has 2 aromatic heterocycles. The standard InChI is InChI=1S/C11H16N4O/c1-2-3-9(12)8-14-6-7-15-10(11(14)16)4-5-13-15/h4-7,9H,2-3,8,12H2,1H3. The number of rotatable bonds is 4. The zero-order valence-electron chi connectivity index (χ0n) is 9.34. The number of aromatic nitrogens is 3. The van der Waals surface area contributed by atoms with Crippen molar-refractivity contribution in [2.24, 2.45) is 5.73 Å². The van der Waals surface area contributed by atoms with Crippen LogP contribution in [0, 0.1) is 0 Å². The maximum absolute atomic E-state index is 12.0. The second kappa shape index (κ2) is 4.49. The van der Waals surface area contributed by atoms with Crippen LogP contribution in [0.1, 0.15) is 19.8 Å². The van der Waals surface area contributed by atoms with Gasteiger partial charge in [0.25, 0.3) is 5.56 Å². The van der Waals surface area contributed by atoms with E-state index >= 15 is 0 Å².